The average Bonchev–Trinajstić information content (AvgIpc) is 2.57. The number of hydrogen-bond acceptors (Lipinski definition) is 2. The molecule has 0 heterocycles. The van der Waals surface area contributed by atoms with Gasteiger partial charge in [0.25, 0.3) is 0 Å². The quantitative estimate of drug-likeness (QED) is 0.244. The van der Waals surface area contributed by atoms with E-state index < -0.39 is 0 Å². The number of carbonyl (C=O) groups is 1. The van der Waals surface area contributed by atoms with Gasteiger partial charge in [-0.3, -0.25) is 4.79 Å². The van der Waals surface area contributed by atoms with E-state index in [4.69, 9.17) is 4.74 Å². The van der Waals surface area contributed by atoms with Crippen molar-refractivity contribution in [2.75, 3.05) is 0 Å². The second kappa shape index (κ2) is 11.7. The molecule has 1 unspecified atom stereocenters. The van der Waals surface area contributed by atoms with Crippen molar-refractivity contribution in [3.63, 3.8) is 0 Å². The fourth-order valence-corrected chi connectivity index (χ4v) is 3.63. The molecule has 0 saturated heterocycles. The van der Waals surface area contributed by atoms with Crippen molar-refractivity contribution in [3.05, 3.63) is 12.2 Å². The van der Waals surface area contributed by atoms with Crippen LogP contribution in [0.2, 0.25) is 0 Å². The number of allylic oxidation sites excluding steroid dienone is 2. The Balaban J connectivity index is 2.46. The Morgan fingerprint density at radius 3 is 2.30 bits per heavy atom. The molecule has 134 valence electrons. The summed E-state index contributed by atoms with van der Waals surface area (Å²) in [6.07, 6.45) is 18.9. The van der Waals surface area contributed by atoms with Gasteiger partial charge < -0.3 is 4.74 Å². The molecule has 1 fully saturated rings. The van der Waals surface area contributed by atoms with Gasteiger partial charge in [-0.1, -0.05) is 52.2 Å². The summed E-state index contributed by atoms with van der Waals surface area (Å²) in [6.45, 7) is 6.54. The molecule has 1 aliphatic carbocycles. The van der Waals surface area contributed by atoms with Crippen LogP contribution in [-0.2, 0) is 9.53 Å². The largest absolute Gasteiger partial charge is 0.459 e. The molecule has 23 heavy (non-hydrogen) atoms. The second-order valence-electron chi connectivity index (χ2n) is 7.19. The van der Waals surface area contributed by atoms with E-state index in [9.17, 15) is 4.79 Å². The Morgan fingerprint density at radius 2 is 1.70 bits per heavy atom. The Morgan fingerprint density at radius 1 is 1.00 bits per heavy atom. The van der Waals surface area contributed by atoms with Crippen molar-refractivity contribution in [1.29, 1.82) is 0 Å². The van der Waals surface area contributed by atoms with E-state index in [1.54, 1.807) is 0 Å². The lowest BCUT2D eigenvalue weighted by Gasteiger charge is -2.37. The Labute approximate surface area is 144 Å². The summed E-state index contributed by atoms with van der Waals surface area (Å²) in [5.74, 6) is 0.179. The Kier molecular flexibility index (Phi) is 10.3. The smallest absolute Gasteiger partial charge is 0.309 e. The fourth-order valence-electron chi connectivity index (χ4n) is 3.63. The molecule has 1 rings (SSSR count). The minimum Gasteiger partial charge on any atom is -0.459 e. The van der Waals surface area contributed by atoms with Gasteiger partial charge in [0.1, 0.15) is 5.60 Å². The molecular formula is C21H38O2. The van der Waals surface area contributed by atoms with Crippen LogP contribution in [0.1, 0.15) is 104 Å². The minimum absolute atomic E-state index is 0.0770. The molecular weight excluding hydrogens is 284 g/mol. The lowest BCUT2D eigenvalue weighted by molar-refractivity contribution is -0.169. The molecule has 2 nitrogen and oxygen atoms in total. The first kappa shape index (κ1) is 20.3. The summed E-state index contributed by atoms with van der Waals surface area (Å²) in [6, 6.07) is 0. The number of esters is 1. The van der Waals surface area contributed by atoms with Crippen LogP contribution in [-0.4, -0.2) is 11.6 Å². The molecule has 1 atom stereocenters. The zero-order valence-electron chi connectivity index (χ0n) is 15.7. The third-order valence-corrected chi connectivity index (χ3v) is 5.24. The van der Waals surface area contributed by atoms with Gasteiger partial charge in [-0.25, -0.2) is 0 Å². The van der Waals surface area contributed by atoms with E-state index >= 15 is 0 Å². The van der Waals surface area contributed by atoms with Crippen LogP contribution in [0.4, 0.5) is 0 Å². The van der Waals surface area contributed by atoms with Gasteiger partial charge in [0.2, 0.25) is 0 Å². The van der Waals surface area contributed by atoms with Crippen LogP contribution in [0.3, 0.4) is 0 Å². The number of ether oxygens (including phenoxy) is 1. The molecule has 0 N–H and O–H groups in total. The molecule has 1 aliphatic rings. The van der Waals surface area contributed by atoms with Crippen LogP contribution >= 0.6 is 0 Å². The highest BCUT2D eigenvalue weighted by molar-refractivity contribution is 5.72. The molecule has 0 aliphatic heterocycles. The second-order valence-corrected chi connectivity index (χ2v) is 7.19. The normalized spacial score (nSPS) is 18.9. The van der Waals surface area contributed by atoms with Crippen molar-refractivity contribution in [3.8, 4) is 0 Å². The Hall–Kier alpha value is -0.790. The van der Waals surface area contributed by atoms with Crippen LogP contribution in [0.15, 0.2) is 12.2 Å². The van der Waals surface area contributed by atoms with Crippen LogP contribution in [0.5, 0.6) is 0 Å². The van der Waals surface area contributed by atoms with Gasteiger partial charge >= 0.3 is 5.97 Å². The maximum atomic E-state index is 12.7. The number of unbranched alkanes of at least 4 members (excludes halogenated alkanes) is 2. The molecule has 0 radical (unpaired) electrons. The third-order valence-electron chi connectivity index (χ3n) is 5.24. The number of rotatable bonds is 11. The van der Waals surface area contributed by atoms with Gasteiger partial charge in [0, 0.05) is 0 Å². The summed E-state index contributed by atoms with van der Waals surface area (Å²) in [5.41, 5.74) is -0.150. The summed E-state index contributed by atoms with van der Waals surface area (Å²) in [5, 5.41) is 0. The Bertz CT molecular complexity index is 340. The van der Waals surface area contributed by atoms with Gasteiger partial charge in [-0.05, 0) is 64.2 Å². The van der Waals surface area contributed by atoms with E-state index in [1.165, 1.54) is 32.1 Å². The molecule has 0 aromatic heterocycles. The van der Waals surface area contributed by atoms with Crippen molar-refractivity contribution >= 4 is 5.97 Å². The zero-order valence-corrected chi connectivity index (χ0v) is 15.7. The fraction of sp³-hybridized carbons (Fsp3) is 0.857. The van der Waals surface area contributed by atoms with E-state index in [-0.39, 0.29) is 17.5 Å². The van der Waals surface area contributed by atoms with Crippen LogP contribution in [0, 0.1) is 5.92 Å². The van der Waals surface area contributed by atoms with Crippen molar-refractivity contribution < 1.29 is 9.53 Å². The maximum Gasteiger partial charge on any atom is 0.309 e. The maximum absolute atomic E-state index is 12.7. The van der Waals surface area contributed by atoms with E-state index in [2.05, 4.69) is 32.9 Å². The first-order chi connectivity index (χ1) is 11.2. The molecule has 0 aromatic rings. The SMILES string of the molecule is CCCC=CCCCC(CCC)C(=O)OC1(CC)CCCCC1. The summed E-state index contributed by atoms with van der Waals surface area (Å²) < 4.78 is 6.08. The lowest BCUT2D eigenvalue weighted by Crippen LogP contribution is -2.38. The lowest BCUT2D eigenvalue weighted by atomic mass is 9.82. The summed E-state index contributed by atoms with van der Waals surface area (Å²) >= 11 is 0. The highest BCUT2D eigenvalue weighted by Crippen LogP contribution is 2.35. The highest BCUT2D eigenvalue weighted by atomic mass is 16.6. The molecule has 1 saturated carbocycles. The average molecular weight is 323 g/mol. The molecule has 0 amide bonds. The van der Waals surface area contributed by atoms with Crippen molar-refractivity contribution in [1.82, 2.24) is 0 Å². The van der Waals surface area contributed by atoms with E-state index in [0.29, 0.717) is 0 Å². The van der Waals surface area contributed by atoms with Crippen LogP contribution in [0.25, 0.3) is 0 Å². The molecule has 2 heteroatoms. The van der Waals surface area contributed by atoms with Gasteiger partial charge in [-0.2, -0.15) is 0 Å². The van der Waals surface area contributed by atoms with E-state index in [0.717, 1.165) is 51.4 Å². The van der Waals surface area contributed by atoms with Crippen LogP contribution < -0.4 is 0 Å². The first-order valence-corrected chi connectivity index (χ1v) is 10.0. The topological polar surface area (TPSA) is 26.3 Å². The van der Waals surface area contributed by atoms with E-state index in [1.807, 2.05) is 0 Å². The zero-order chi connectivity index (χ0) is 17.0. The highest BCUT2D eigenvalue weighted by Gasteiger charge is 2.35. The van der Waals surface area contributed by atoms with Gasteiger partial charge in [0.05, 0.1) is 5.92 Å². The van der Waals surface area contributed by atoms with Crippen molar-refractivity contribution in [2.24, 2.45) is 5.92 Å². The third kappa shape index (κ3) is 7.54. The van der Waals surface area contributed by atoms with Gasteiger partial charge in [-0.15, -0.1) is 0 Å². The van der Waals surface area contributed by atoms with Crippen molar-refractivity contribution in [2.45, 2.75) is 110 Å². The minimum atomic E-state index is -0.150. The number of hydrogen-bond donors (Lipinski definition) is 0. The molecule has 0 bridgehead atoms. The summed E-state index contributed by atoms with van der Waals surface area (Å²) in [4.78, 5) is 12.7. The molecule has 0 spiro atoms. The monoisotopic (exact) mass is 322 g/mol. The first-order valence-electron chi connectivity index (χ1n) is 10.0. The predicted octanol–water partition coefficient (Wildman–Crippen LogP) is 6.59. The standard InChI is InChI=1S/C21H38O2/c1-4-7-8-9-10-12-16-19(15-5-2)20(22)23-21(6-3)17-13-11-14-18-21/h8-9,19H,4-7,10-18H2,1-3H3. The van der Waals surface area contributed by atoms with Gasteiger partial charge in [0.15, 0.2) is 0 Å². The summed E-state index contributed by atoms with van der Waals surface area (Å²) in [7, 11) is 0. The number of carbonyl (C=O) groups excluding carboxylic acids is 1. The predicted molar refractivity (Wildman–Crippen MR) is 98.5 cm³/mol. The molecule has 0 aromatic carbocycles.